The maximum Gasteiger partial charge on any atom is 0.306 e. The first-order valence-electron chi connectivity index (χ1n) is 33.5. The first kappa shape index (κ1) is 72.6. The average molecular weight is 1050 g/mol. The fraction of sp³-hybridized carbons (Fsp3) is 0.870. The van der Waals surface area contributed by atoms with Gasteiger partial charge in [-0.15, -0.1) is 0 Å². The van der Waals surface area contributed by atoms with Crippen molar-refractivity contribution in [2.24, 2.45) is 0 Å². The Bertz CT molecular complexity index is 1250. The van der Waals surface area contributed by atoms with Gasteiger partial charge in [0.05, 0.1) is 0 Å². The predicted molar refractivity (Wildman–Crippen MR) is 326 cm³/mol. The van der Waals surface area contributed by atoms with E-state index in [1.165, 1.54) is 244 Å². The number of carbonyl (C=O) groups excluding carboxylic acids is 3. The molecule has 0 radical (unpaired) electrons. The summed E-state index contributed by atoms with van der Waals surface area (Å²) < 4.78 is 16.9. The van der Waals surface area contributed by atoms with Crippen LogP contribution >= 0.6 is 0 Å². The summed E-state index contributed by atoms with van der Waals surface area (Å²) in [6.07, 6.45) is 79.0. The van der Waals surface area contributed by atoms with E-state index in [4.69, 9.17) is 14.2 Å². The molecule has 0 aromatic carbocycles. The molecule has 0 amide bonds. The van der Waals surface area contributed by atoms with Crippen LogP contribution in [0.25, 0.3) is 0 Å². The third-order valence-corrected chi connectivity index (χ3v) is 15.2. The molecule has 0 heterocycles. The zero-order valence-corrected chi connectivity index (χ0v) is 50.6. The van der Waals surface area contributed by atoms with Crippen LogP contribution in [0.1, 0.15) is 367 Å². The molecule has 1 atom stereocenters. The van der Waals surface area contributed by atoms with Crippen molar-refractivity contribution in [1.82, 2.24) is 0 Å². The Kier molecular flexibility index (Phi) is 62.1. The summed E-state index contributed by atoms with van der Waals surface area (Å²) in [4.78, 5) is 38.2. The molecule has 75 heavy (non-hydrogen) atoms. The van der Waals surface area contributed by atoms with Crippen LogP contribution in [-0.2, 0) is 28.6 Å². The summed E-state index contributed by atoms with van der Waals surface area (Å²) in [7, 11) is 0. The summed E-state index contributed by atoms with van der Waals surface area (Å²) in [5.74, 6) is -0.883. The van der Waals surface area contributed by atoms with Gasteiger partial charge in [0, 0.05) is 19.3 Å². The van der Waals surface area contributed by atoms with Crippen molar-refractivity contribution in [3.8, 4) is 0 Å². The first-order valence-corrected chi connectivity index (χ1v) is 33.5. The van der Waals surface area contributed by atoms with Gasteiger partial charge in [0.25, 0.3) is 0 Å². The second-order valence-corrected chi connectivity index (χ2v) is 22.7. The molecule has 0 aliphatic rings. The van der Waals surface area contributed by atoms with E-state index in [0.29, 0.717) is 19.3 Å². The summed E-state index contributed by atoms with van der Waals surface area (Å²) in [5.41, 5.74) is 0. The number of carbonyl (C=O) groups is 3. The van der Waals surface area contributed by atoms with Gasteiger partial charge >= 0.3 is 17.9 Å². The van der Waals surface area contributed by atoms with E-state index in [0.717, 1.165) is 83.5 Å². The first-order chi connectivity index (χ1) is 37.0. The van der Waals surface area contributed by atoms with Gasteiger partial charge in [-0.3, -0.25) is 14.4 Å². The van der Waals surface area contributed by atoms with Crippen molar-refractivity contribution in [2.45, 2.75) is 374 Å². The highest BCUT2D eigenvalue weighted by atomic mass is 16.6. The molecule has 1 unspecified atom stereocenters. The van der Waals surface area contributed by atoms with Gasteiger partial charge < -0.3 is 14.2 Å². The van der Waals surface area contributed by atoms with Crippen LogP contribution in [0.15, 0.2) is 36.5 Å². The van der Waals surface area contributed by atoms with Crippen LogP contribution < -0.4 is 0 Å². The number of esters is 3. The number of rotatable bonds is 62. The zero-order valence-electron chi connectivity index (χ0n) is 50.6. The van der Waals surface area contributed by atoms with E-state index in [1.807, 2.05) is 0 Å². The predicted octanol–water partition coefficient (Wildman–Crippen LogP) is 22.8. The molecular formula is C69H128O6. The Labute approximate surface area is 467 Å². The molecule has 6 nitrogen and oxygen atoms in total. The minimum atomic E-state index is -0.780. The van der Waals surface area contributed by atoms with Crippen molar-refractivity contribution < 1.29 is 28.6 Å². The van der Waals surface area contributed by atoms with E-state index < -0.39 is 6.10 Å². The fourth-order valence-corrected chi connectivity index (χ4v) is 10.2. The lowest BCUT2D eigenvalue weighted by Gasteiger charge is -2.18. The van der Waals surface area contributed by atoms with Crippen LogP contribution in [0, 0.1) is 0 Å². The van der Waals surface area contributed by atoms with E-state index in [-0.39, 0.29) is 31.1 Å². The summed E-state index contributed by atoms with van der Waals surface area (Å²) >= 11 is 0. The molecule has 440 valence electrons. The third-order valence-electron chi connectivity index (χ3n) is 15.2. The second-order valence-electron chi connectivity index (χ2n) is 22.7. The quantitative estimate of drug-likeness (QED) is 0.0261. The molecule has 0 aromatic rings. The molecule has 6 heteroatoms. The van der Waals surface area contributed by atoms with Gasteiger partial charge in [-0.05, 0) is 51.4 Å². The SMILES string of the molecule is CC/C=C\C/C=C\C/C=C\CCCCCC(=O)OCC(COC(=O)CCCCCCCCCCCCCCCCCCCCCCCCCCCCCCCC)OC(=O)CCCCCCCCCCCCCCCC. The summed E-state index contributed by atoms with van der Waals surface area (Å²) in [6.45, 7) is 6.56. The molecule has 0 rings (SSSR count). The molecule has 0 aliphatic carbocycles. The standard InChI is InChI=1S/C69H128O6/c1-4-7-10-13-16-19-22-25-27-28-29-30-31-32-33-34-35-36-37-38-39-40-41-42-45-47-50-53-56-59-62-68(71)74-65-66(64-73-67(70)61-58-55-52-49-46-43-24-21-18-15-12-9-6-3)75-69(72)63-60-57-54-51-48-44-26-23-20-17-14-11-8-5-2/h9,12,18,21,43,46,66H,4-8,10-11,13-17,19-20,22-42,44-45,47-65H2,1-3H3/b12-9-,21-18-,46-43-. The van der Waals surface area contributed by atoms with Crippen molar-refractivity contribution in [1.29, 1.82) is 0 Å². The van der Waals surface area contributed by atoms with Crippen molar-refractivity contribution >= 4 is 17.9 Å². The highest BCUT2D eigenvalue weighted by Gasteiger charge is 2.19. The van der Waals surface area contributed by atoms with E-state index in [9.17, 15) is 14.4 Å². The van der Waals surface area contributed by atoms with Crippen molar-refractivity contribution in [3.63, 3.8) is 0 Å². The zero-order chi connectivity index (χ0) is 54.3. The van der Waals surface area contributed by atoms with Crippen LogP contribution in [0.5, 0.6) is 0 Å². The van der Waals surface area contributed by atoms with Gasteiger partial charge in [0.15, 0.2) is 6.10 Å². The molecule has 0 aliphatic heterocycles. The minimum absolute atomic E-state index is 0.0762. The molecule has 0 aromatic heterocycles. The summed E-state index contributed by atoms with van der Waals surface area (Å²) in [6, 6.07) is 0. The van der Waals surface area contributed by atoms with Gasteiger partial charge in [-0.25, -0.2) is 0 Å². The lowest BCUT2D eigenvalue weighted by Crippen LogP contribution is -2.30. The maximum atomic E-state index is 12.9. The largest absolute Gasteiger partial charge is 0.462 e. The lowest BCUT2D eigenvalue weighted by atomic mass is 10.0. The van der Waals surface area contributed by atoms with Crippen LogP contribution in [0.3, 0.4) is 0 Å². The van der Waals surface area contributed by atoms with Crippen LogP contribution in [0.2, 0.25) is 0 Å². The molecule has 0 bridgehead atoms. The fourth-order valence-electron chi connectivity index (χ4n) is 10.2. The van der Waals surface area contributed by atoms with Crippen molar-refractivity contribution in [3.05, 3.63) is 36.5 Å². The molecule has 0 N–H and O–H groups in total. The molecule has 0 saturated heterocycles. The Morgan fingerprint density at radius 1 is 0.280 bits per heavy atom. The highest BCUT2D eigenvalue weighted by Crippen LogP contribution is 2.19. The van der Waals surface area contributed by atoms with Crippen molar-refractivity contribution in [2.75, 3.05) is 13.2 Å². The number of allylic oxidation sites excluding steroid dienone is 6. The third kappa shape index (κ3) is 62.4. The normalized spacial score (nSPS) is 12.2. The molecular weight excluding hydrogens is 925 g/mol. The second kappa shape index (κ2) is 64.2. The van der Waals surface area contributed by atoms with Gasteiger partial charge in [0.2, 0.25) is 0 Å². The van der Waals surface area contributed by atoms with E-state index in [1.54, 1.807) is 0 Å². The number of hydrogen-bond donors (Lipinski definition) is 0. The topological polar surface area (TPSA) is 78.9 Å². The number of unbranched alkanes of at least 4 members (excludes halogenated alkanes) is 45. The smallest absolute Gasteiger partial charge is 0.306 e. The minimum Gasteiger partial charge on any atom is -0.462 e. The highest BCUT2D eigenvalue weighted by molar-refractivity contribution is 5.71. The monoisotopic (exact) mass is 1050 g/mol. The molecule has 0 saturated carbocycles. The maximum absolute atomic E-state index is 12.9. The Balaban J connectivity index is 4.11. The Hall–Kier alpha value is -2.37. The molecule has 0 fully saturated rings. The number of hydrogen-bond acceptors (Lipinski definition) is 6. The molecule has 0 spiro atoms. The van der Waals surface area contributed by atoms with Gasteiger partial charge in [-0.1, -0.05) is 333 Å². The van der Waals surface area contributed by atoms with Crippen LogP contribution in [0.4, 0.5) is 0 Å². The summed E-state index contributed by atoms with van der Waals surface area (Å²) in [5, 5.41) is 0. The van der Waals surface area contributed by atoms with E-state index >= 15 is 0 Å². The Morgan fingerprint density at radius 3 is 0.813 bits per heavy atom. The van der Waals surface area contributed by atoms with E-state index in [2.05, 4.69) is 57.2 Å². The Morgan fingerprint density at radius 2 is 0.520 bits per heavy atom. The lowest BCUT2D eigenvalue weighted by molar-refractivity contribution is -0.167. The van der Waals surface area contributed by atoms with Gasteiger partial charge in [0.1, 0.15) is 13.2 Å². The van der Waals surface area contributed by atoms with Gasteiger partial charge in [-0.2, -0.15) is 0 Å². The average Bonchev–Trinajstić information content (AvgIpc) is 3.41. The van der Waals surface area contributed by atoms with Crippen LogP contribution in [-0.4, -0.2) is 37.2 Å². The number of ether oxygens (including phenoxy) is 3.